The predicted octanol–water partition coefficient (Wildman–Crippen LogP) is 3.70. The summed E-state index contributed by atoms with van der Waals surface area (Å²) in [5.74, 6) is 0.428. The van der Waals surface area contributed by atoms with E-state index in [0.717, 1.165) is 48.3 Å². The van der Waals surface area contributed by atoms with E-state index in [1.807, 2.05) is 50.2 Å². The van der Waals surface area contributed by atoms with E-state index in [0.29, 0.717) is 28.9 Å². The van der Waals surface area contributed by atoms with E-state index in [1.165, 1.54) is 0 Å². The number of rotatable bonds is 6. The topological polar surface area (TPSA) is 102 Å². The van der Waals surface area contributed by atoms with Gasteiger partial charge in [0.05, 0.1) is 29.0 Å². The van der Waals surface area contributed by atoms with Crippen LogP contribution in [0.5, 0.6) is 0 Å². The molecule has 0 spiro atoms. The Bertz CT molecular complexity index is 1420. The average Bonchev–Trinajstić information content (AvgIpc) is 3.33. The zero-order valence-electron chi connectivity index (χ0n) is 20.0. The molecule has 4 aromatic rings. The van der Waals surface area contributed by atoms with E-state index >= 15 is 0 Å². The molecule has 1 atom stereocenters. The number of fused-ring (bicyclic) bond motifs is 1. The molecule has 0 saturated carbocycles. The number of hydrogen-bond donors (Lipinski definition) is 2. The zero-order valence-corrected chi connectivity index (χ0v) is 20.0. The van der Waals surface area contributed by atoms with Crippen molar-refractivity contribution in [3.8, 4) is 11.1 Å². The van der Waals surface area contributed by atoms with Crippen molar-refractivity contribution >= 4 is 16.8 Å². The molecule has 1 saturated heterocycles. The van der Waals surface area contributed by atoms with Gasteiger partial charge in [0.1, 0.15) is 6.26 Å². The number of hydrogen-bond acceptors (Lipinski definition) is 6. The zero-order chi connectivity index (χ0) is 24.4. The van der Waals surface area contributed by atoms with E-state index in [4.69, 9.17) is 4.52 Å². The van der Waals surface area contributed by atoms with Gasteiger partial charge >= 0.3 is 0 Å². The number of benzene rings is 2. The predicted molar refractivity (Wildman–Crippen MR) is 134 cm³/mol. The van der Waals surface area contributed by atoms with Crippen LogP contribution in [0.25, 0.3) is 22.0 Å². The summed E-state index contributed by atoms with van der Waals surface area (Å²) in [5, 5.41) is 10.9. The molecule has 2 N–H and O–H groups in total. The highest BCUT2D eigenvalue weighted by Gasteiger charge is 2.17. The van der Waals surface area contributed by atoms with Crippen molar-refractivity contribution in [3.63, 3.8) is 0 Å². The lowest BCUT2D eigenvalue weighted by Crippen LogP contribution is -2.36. The molecule has 1 amide bonds. The summed E-state index contributed by atoms with van der Waals surface area (Å²) in [6, 6.07) is 12.7. The molecule has 0 unspecified atom stereocenters. The Hall–Kier alpha value is -3.78. The first kappa shape index (κ1) is 23.0. The summed E-state index contributed by atoms with van der Waals surface area (Å²) in [7, 11) is 0. The molecule has 0 radical (unpaired) electrons. The molecule has 2 aromatic heterocycles. The smallest absolute Gasteiger partial charge is 0.261 e. The maximum absolute atomic E-state index is 13.3. The number of piperidine rings is 1. The van der Waals surface area contributed by atoms with Crippen LogP contribution in [0.1, 0.15) is 47.4 Å². The second-order valence-corrected chi connectivity index (χ2v) is 9.21. The lowest BCUT2D eigenvalue weighted by Gasteiger charge is -2.22. The fourth-order valence-corrected chi connectivity index (χ4v) is 4.67. The van der Waals surface area contributed by atoms with Crippen LogP contribution in [-0.2, 0) is 0 Å². The first-order valence-electron chi connectivity index (χ1n) is 12.0. The molecule has 0 bridgehead atoms. The molecule has 5 rings (SSSR count). The van der Waals surface area contributed by atoms with Crippen molar-refractivity contribution in [1.82, 2.24) is 25.3 Å². The van der Waals surface area contributed by atoms with Crippen LogP contribution < -0.4 is 16.2 Å². The third-order valence-electron chi connectivity index (χ3n) is 6.90. The second-order valence-electron chi connectivity index (χ2n) is 9.21. The van der Waals surface area contributed by atoms with Gasteiger partial charge in [-0.1, -0.05) is 23.4 Å². The Kier molecular flexibility index (Phi) is 6.46. The Morgan fingerprint density at radius 3 is 2.83 bits per heavy atom. The Morgan fingerprint density at radius 1 is 1.23 bits per heavy atom. The minimum Gasteiger partial charge on any atom is -0.364 e. The largest absolute Gasteiger partial charge is 0.364 e. The van der Waals surface area contributed by atoms with Crippen molar-refractivity contribution in [3.05, 3.63) is 82.2 Å². The summed E-state index contributed by atoms with van der Waals surface area (Å²) >= 11 is 0. The molecule has 3 heterocycles. The Balaban J connectivity index is 1.37. The summed E-state index contributed by atoms with van der Waals surface area (Å²) in [5.41, 5.74) is 4.52. The molecule has 2 aromatic carbocycles. The Labute approximate surface area is 203 Å². The van der Waals surface area contributed by atoms with Crippen molar-refractivity contribution in [2.45, 2.75) is 32.7 Å². The fraction of sp³-hybridized carbons (Fsp3) is 0.333. The first-order valence-corrected chi connectivity index (χ1v) is 12.0. The van der Waals surface area contributed by atoms with E-state index in [-0.39, 0.29) is 17.5 Å². The van der Waals surface area contributed by atoms with Crippen molar-refractivity contribution in [2.75, 3.05) is 19.6 Å². The standard InChI is InChI=1S/C27H29N5O3/c1-17-24(15-35-31-17)21-6-7-23-25(13-21)30-16-32(27(23)34)18(2)20-4-3-5-22(12-20)26(33)29-14-19-8-10-28-11-9-19/h3-7,12-13,15-16,18-19,28H,8-11,14H2,1-2H3,(H,29,33)/t18-/m1/s1. The van der Waals surface area contributed by atoms with Crippen LogP contribution >= 0.6 is 0 Å². The number of nitrogens with zero attached hydrogens (tertiary/aromatic N) is 3. The van der Waals surface area contributed by atoms with Gasteiger partial charge in [0, 0.05) is 17.7 Å². The van der Waals surface area contributed by atoms with Gasteiger partial charge in [-0.15, -0.1) is 0 Å². The monoisotopic (exact) mass is 471 g/mol. The van der Waals surface area contributed by atoms with Gasteiger partial charge in [-0.2, -0.15) is 0 Å². The minimum atomic E-state index is -0.281. The van der Waals surface area contributed by atoms with Crippen LogP contribution in [0.15, 0.2) is 64.4 Å². The fourth-order valence-electron chi connectivity index (χ4n) is 4.67. The van der Waals surface area contributed by atoms with Gasteiger partial charge in [0.15, 0.2) is 0 Å². The quantitative estimate of drug-likeness (QED) is 0.445. The average molecular weight is 472 g/mol. The van der Waals surface area contributed by atoms with E-state index in [9.17, 15) is 9.59 Å². The maximum atomic E-state index is 13.3. The number of aromatic nitrogens is 3. The van der Waals surface area contributed by atoms with Gasteiger partial charge in [-0.05, 0) is 81.1 Å². The second kappa shape index (κ2) is 9.84. The number of amides is 1. The SMILES string of the molecule is Cc1nocc1-c1ccc2c(=O)n([C@H](C)c3cccc(C(=O)NCC4CCNCC4)c3)cnc2c1. The Morgan fingerprint density at radius 2 is 2.06 bits per heavy atom. The number of carbonyl (C=O) groups is 1. The van der Waals surface area contributed by atoms with Gasteiger partial charge in [-0.3, -0.25) is 14.2 Å². The van der Waals surface area contributed by atoms with E-state index < -0.39 is 0 Å². The van der Waals surface area contributed by atoms with Gasteiger partial charge in [-0.25, -0.2) is 4.98 Å². The van der Waals surface area contributed by atoms with Crippen LogP contribution in [0, 0.1) is 12.8 Å². The lowest BCUT2D eigenvalue weighted by molar-refractivity contribution is 0.0944. The third kappa shape index (κ3) is 4.74. The highest BCUT2D eigenvalue weighted by atomic mass is 16.5. The maximum Gasteiger partial charge on any atom is 0.261 e. The lowest BCUT2D eigenvalue weighted by atomic mass is 9.98. The number of nitrogens with one attached hydrogen (secondary N) is 2. The van der Waals surface area contributed by atoms with Crippen LogP contribution in [-0.4, -0.2) is 40.2 Å². The molecule has 1 aliphatic rings. The van der Waals surface area contributed by atoms with Gasteiger partial charge < -0.3 is 15.2 Å². The highest BCUT2D eigenvalue weighted by molar-refractivity contribution is 5.94. The molecule has 1 fully saturated rings. The van der Waals surface area contributed by atoms with Crippen molar-refractivity contribution < 1.29 is 9.32 Å². The van der Waals surface area contributed by atoms with Crippen LogP contribution in [0.3, 0.4) is 0 Å². The molecule has 35 heavy (non-hydrogen) atoms. The van der Waals surface area contributed by atoms with E-state index in [1.54, 1.807) is 23.2 Å². The summed E-state index contributed by atoms with van der Waals surface area (Å²) in [6.45, 7) is 6.51. The summed E-state index contributed by atoms with van der Waals surface area (Å²) in [4.78, 5) is 30.6. The molecular formula is C27H29N5O3. The number of carbonyl (C=O) groups excluding carboxylic acids is 1. The summed E-state index contributed by atoms with van der Waals surface area (Å²) in [6.07, 6.45) is 5.32. The molecule has 0 aliphatic carbocycles. The van der Waals surface area contributed by atoms with Gasteiger partial charge in [0.2, 0.25) is 0 Å². The molecular weight excluding hydrogens is 442 g/mol. The van der Waals surface area contributed by atoms with E-state index in [2.05, 4.69) is 20.8 Å². The molecule has 8 heteroatoms. The minimum absolute atomic E-state index is 0.0851. The highest BCUT2D eigenvalue weighted by Crippen LogP contribution is 2.25. The molecule has 8 nitrogen and oxygen atoms in total. The van der Waals surface area contributed by atoms with Crippen LogP contribution in [0.4, 0.5) is 0 Å². The third-order valence-corrected chi connectivity index (χ3v) is 6.90. The molecule has 180 valence electrons. The van der Waals surface area contributed by atoms with Crippen molar-refractivity contribution in [1.29, 1.82) is 0 Å². The van der Waals surface area contributed by atoms with Crippen LogP contribution in [0.2, 0.25) is 0 Å². The number of aryl methyl sites for hydroxylation is 1. The summed E-state index contributed by atoms with van der Waals surface area (Å²) < 4.78 is 6.65. The van der Waals surface area contributed by atoms with Crippen molar-refractivity contribution in [2.24, 2.45) is 5.92 Å². The van der Waals surface area contributed by atoms with Gasteiger partial charge in [0.25, 0.3) is 11.5 Å². The normalized spacial score (nSPS) is 15.3. The first-order chi connectivity index (χ1) is 17.0. The molecule has 1 aliphatic heterocycles.